The van der Waals surface area contributed by atoms with E-state index in [9.17, 15) is 31.1 Å². The van der Waals surface area contributed by atoms with Gasteiger partial charge in [0, 0.05) is 12.0 Å². The quantitative estimate of drug-likeness (QED) is 0.593. The molecule has 1 nitrogen and oxygen atoms in total. The van der Waals surface area contributed by atoms with Gasteiger partial charge in [-0.1, -0.05) is 12.1 Å². The van der Waals surface area contributed by atoms with Crippen molar-refractivity contribution in [2.45, 2.75) is 25.2 Å². The molecule has 1 rings (SSSR count). The number of ketones is 1. The molecule has 1 aromatic rings. The van der Waals surface area contributed by atoms with Crippen molar-refractivity contribution in [1.29, 1.82) is 0 Å². The lowest BCUT2D eigenvalue weighted by atomic mass is 10.0. The highest BCUT2D eigenvalue weighted by Gasteiger charge is 2.31. The lowest BCUT2D eigenvalue weighted by Gasteiger charge is -2.09. The summed E-state index contributed by atoms with van der Waals surface area (Å²) in [6.07, 6.45) is -11.3. The van der Waals surface area contributed by atoms with Crippen LogP contribution in [0.2, 0.25) is 0 Å². The van der Waals surface area contributed by atoms with Crippen LogP contribution in [0.5, 0.6) is 0 Å². The maximum atomic E-state index is 12.3. The number of carbonyl (C=O) groups is 1. The van der Waals surface area contributed by atoms with E-state index in [0.717, 1.165) is 18.2 Å². The van der Waals surface area contributed by atoms with Crippen LogP contribution in [0.25, 0.3) is 0 Å². The smallest absolute Gasteiger partial charge is 0.294 e. The van der Waals surface area contributed by atoms with Crippen LogP contribution in [0.15, 0.2) is 24.3 Å². The van der Waals surface area contributed by atoms with Crippen LogP contribution in [0.3, 0.4) is 0 Å². The fourth-order valence-electron chi connectivity index (χ4n) is 1.27. The molecule has 0 spiro atoms. The Kier molecular flexibility index (Phi) is 4.03. The topological polar surface area (TPSA) is 17.1 Å². The van der Waals surface area contributed by atoms with Gasteiger partial charge in [-0.25, -0.2) is 0 Å². The Hall–Kier alpha value is -1.53. The molecule has 0 aliphatic rings. The van der Waals surface area contributed by atoms with Crippen LogP contribution in [-0.2, 0) is 6.18 Å². The molecular formula is C11H8F6O. The fraction of sp³-hybridized carbons (Fsp3) is 0.364. The number of halogens is 6. The van der Waals surface area contributed by atoms with Gasteiger partial charge in [-0.3, -0.25) is 4.79 Å². The predicted molar refractivity (Wildman–Crippen MR) is 51.1 cm³/mol. The molecule has 0 N–H and O–H groups in total. The normalized spacial score (nSPS) is 12.6. The number of carbonyl (C=O) groups excluding carboxylic acids is 1. The largest absolute Gasteiger partial charge is 0.416 e. The number of rotatable bonds is 3. The zero-order valence-corrected chi connectivity index (χ0v) is 8.90. The summed E-state index contributed by atoms with van der Waals surface area (Å²) >= 11 is 0. The van der Waals surface area contributed by atoms with Gasteiger partial charge in [-0.2, -0.15) is 26.3 Å². The highest BCUT2D eigenvalue weighted by atomic mass is 19.4. The summed E-state index contributed by atoms with van der Waals surface area (Å²) in [5.41, 5.74) is -1.42. The van der Waals surface area contributed by atoms with Crippen LogP contribution in [0, 0.1) is 0 Å². The van der Waals surface area contributed by atoms with Gasteiger partial charge >= 0.3 is 12.4 Å². The zero-order chi connectivity index (χ0) is 14.0. The van der Waals surface area contributed by atoms with Gasteiger partial charge in [0.1, 0.15) is 0 Å². The molecular weight excluding hydrogens is 262 g/mol. The average molecular weight is 270 g/mol. The van der Waals surface area contributed by atoms with Gasteiger partial charge in [0.15, 0.2) is 5.78 Å². The minimum absolute atomic E-state index is 0.367. The first-order valence-electron chi connectivity index (χ1n) is 4.87. The molecule has 0 saturated heterocycles. The third-order valence-electron chi connectivity index (χ3n) is 2.15. The van der Waals surface area contributed by atoms with E-state index >= 15 is 0 Å². The molecule has 0 aromatic heterocycles. The van der Waals surface area contributed by atoms with Gasteiger partial charge in [-0.15, -0.1) is 0 Å². The van der Waals surface area contributed by atoms with Crippen LogP contribution in [0.4, 0.5) is 26.3 Å². The molecule has 0 bridgehead atoms. The van der Waals surface area contributed by atoms with E-state index in [0.29, 0.717) is 6.07 Å². The van der Waals surface area contributed by atoms with E-state index in [1.807, 2.05) is 0 Å². The van der Waals surface area contributed by atoms with Crippen LogP contribution in [0.1, 0.15) is 28.8 Å². The maximum absolute atomic E-state index is 12.3. The minimum atomic E-state index is -4.62. The third-order valence-corrected chi connectivity index (χ3v) is 2.15. The second-order valence-corrected chi connectivity index (χ2v) is 3.62. The van der Waals surface area contributed by atoms with Crippen molar-refractivity contribution in [2.75, 3.05) is 0 Å². The van der Waals surface area contributed by atoms with Crippen LogP contribution >= 0.6 is 0 Å². The molecule has 0 saturated carbocycles. The Morgan fingerprint density at radius 3 is 2.17 bits per heavy atom. The molecule has 18 heavy (non-hydrogen) atoms. The number of benzene rings is 1. The SMILES string of the molecule is O=C(CCC(F)(F)F)c1cccc(C(F)(F)F)c1. The van der Waals surface area contributed by atoms with Crippen LogP contribution < -0.4 is 0 Å². The van der Waals surface area contributed by atoms with Crippen molar-refractivity contribution >= 4 is 5.78 Å². The van der Waals surface area contributed by atoms with Crippen LogP contribution in [-0.4, -0.2) is 12.0 Å². The molecule has 7 heteroatoms. The van der Waals surface area contributed by atoms with Gasteiger partial charge < -0.3 is 0 Å². The number of Topliss-reactive ketones (excluding diaryl/α,β-unsaturated/α-hetero) is 1. The molecule has 0 aliphatic heterocycles. The van der Waals surface area contributed by atoms with Gasteiger partial charge in [0.2, 0.25) is 0 Å². The monoisotopic (exact) mass is 270 g/mol. The lowest BCUT2D eigenvalue weighted by Crippen LogP contribution is -2.12. The van der Waals surface area contributed by atoms with Crippen molar-refractivity contribution < 1.29 is 31.1 Å². The highest BCUT2D eigenvalue weighted by Crippen LogP contribution is 2.30. The van der Waals surface area contributed by atoms with E-state index in [2.05, 4.69) is 0 Å². The number of alkyl halides is 6. The van der Waals surface area contributed by atoms with Crippen molar-refractivity contribution in [3.8, 4) is 0 Å². The highest BCUT2D eigenvalue weighted by molar-refractivity contribution is 5.96. The average Bonchev–Trinajstić information content (AvgIpc) is 2.24. The molecule has 0 amide bonds. The summed E-state index contributed by atoms with van der Waals surface area (Å²) < 4.78 is 72.5. The maximum Gasteiger partial charge on any atom is 0.416 e. The van der Waals surface area contributed by atoms with E-state index in [1.165, 1.54) is 0 Å². The summed E-state index contributed by atoms with van der Waals surface area (Å²) in [5, 5.41) is 0. The Labute approximate surface area is 98.4 Å². The summed E-state index contributed by atoms with van der Waals surface area (Å²) in [5.74, 6) is -0.960. The Morgan fingerprint density at radius 2 is 1.67 bits per heavy atom. The van der Waals surface area contributed by atoms with E-state index in [-0.39, 0.29) is 5.56 Å². The molecule has 0 fully saturated rings. The Morgan fingerprint density at radius 1 is 1.06 bits per heavy atom. The predicted octanol–water partition coefficient (Wildman–Crippen LogP) is 4.23. The number of hydrogen-bond donors (Lipinski definition) is 0. The van der Waals surface area contributed by atoms with Crippen molar-refractivity contribution in [2.24, 2.45) is 0 Å². The van der Waals surface area contributed by atoms with Gasteiger partial charge in [-0.05, 0) is 12.1 Å². The molecule has 0 radical (unpaired) electrons. The summed E-state index contributed by atoms with van der Waals surface area (Å²) in [4.78, 5) is 11.3. The molecule has 1 aromatic carbocycles. The zero-order valence-electron chi connectivity index (χ0n) is 8.90. The van der Waals surface area contributed by atoms with Gasteiger partial charge in [0.25, 0.3) is 0 Å². The van der Waals surface area contributed by atoms with Gasteiger partial charge in [0.05, 0.1) is 12.0 Å². The first-order chi connectivity index (χ1) is 8.09. The van der Waals surface area contributed by atoms with E-state index in [1.54, 1.807) is 0 Å². The lowest BCUT2D eigenvalue weighted by molar-refractivity contribution is -0.137. The molecule has 0 unspecified atom stereocenters. The summed E-state index contributed by atoms with van der Waals surface area (Å²) in [6.45, 7) is 0. The Bertz CT molecular complexity index is 432. The fourth-order valence-corrected chi connectivity index (χ4v) is 1.27. The summed E-state index contributed by atoms with van der Waals surface area (Å²) in [7, 11) is 0. The molecule has 0 aliphatic carbocycles. The Balaban J connectivity index is 2.81. The number of hydrogen-bond acceptors (Lipinski definition) is 1. The minimum Gasteiger partial charge on any atom is -0.294 e. The second-order valence-electron chi connectivity index (χ2n) is 3.62. The summed E-state index contributed by atoms with van der Waals surface area (Å²) in [6, 6.07) is 3.36. The molecule has 0 heterocycles. The molecule has 100 valence electrons. The van der Waals surface area contributed by atoms with E-state index < -0.39 is 36.5 Å². The van der Waals surface area contributed by atoms with Crippen molar-refractivity contribution in [3.05, 3.63) is 35.4 Å². The second kappa shape index (κ2) is 4.99. The standard InChI is InChI=1S/C11H8F6O/c12-10(13,14)5-4-9(18)7-2-1-3-8(6-7)11(15,16)17/h1-3,6H,4-5H2. The molecule has 0 atom stereocenters. The van der Waals surface area contributed by atoms with Crippen molar-refractivity contribution in [1.82, 2.24) is 0 Å². The van der Waals surface area contributed by atoms with E-state index in [4.69, 9.17) is 0 Å². The van der Waals surface area contributed by atoms with Crippen molar-refractivity contribution in [3.63, 3.8) is 0 Å². The first-order valence-corrected chi connectivity index (χ1v) is 4.87. The first kappa shape index (κ1) is 14.5. The third kappa shape index (κ3) is 4.38.